The molecule has 0 atom stereocenters. The summed E-state index contributed by atoms with van der Waals surface area (Å²) in [5.74, 6) is 0.727. The van der Waals surface area contributed by atoms with Crippen LogP contribution in [0.1, 0.15) is 16.3 Å². The number of aromatic nitrogens is 2. The predicted octanol–water partition coefficient (Wildman–Crippen LogP) is 2.35. The van der Waals surface area contributed by atoms with Gasteiger partial charge in [0.1, 0.15) is 5.82 Å². The van der Waals surface area contributed by atoms with E-state index in [0.29, 0.717) is 12.2 Å². The Labute approximate surface area is 98.6 Å². The molecule has 0 saturated heterocycles. The fraction of sp³-hybridized carbons (Fsp3) is 0.273. The summed E-state index contributed by atoms with van der Waals surface area (Å²) < 4.78 is 0. The van der Waals surface area contributed by atoms with Crippen LogP contribution >= 0.6 is 11.3 Å². The molecule has 0 bridgehead atoms. The fourth-order valence-corrected chi connectivity index (χ4v) is 1.99. The summed E-state index contributed by atoms with van der Waals surface area (Å²) >= 11 is 1.64. The van der Waals surface area contributed by atoms with Gasteiger partial charge in [-0.1, -0.05) is 0 Å². The van der Waals surface area contributed by atoms with Crippen molar-refractivity contribution in [3.05, 3.63) is 33.9 Å². The van der Waals surface area contributed by atoms with Crippen molar-refractivity contribution >= 4 is 22.8 Å². The van der Waals surface area contributed by atoms with Crippen molar-refractivity contribution in [2.45, 2.75) is 20.4 Å². The van der Waals surface area contributed by atoms with Gasteiger partial charge in [-0.25, -0.2) is 9.97 Å². The van der Waals surface area contributed by atoms with Crippen molar-refractivity contribution in [3.63, 3.8) is 0 Å². The number of nitrogens with zero attached hydrogens (tertiary/aromatic N) is 2. The molecule has 0 fully saturated rings. The second-order valence-corrected chi connectivity index (χ2v) is 4.66. The summed E-state index contributed by atoms with van der Waals surface area (Å²) in [6, 6.07) is 1.90. The maximum Gasteiger partial charge on any atom is 0.149 e. The summed E-state index contributed by atoms with van der Waals surface area (Å²) in [5, 5.41) is 6.30. The van der Waals surface area contributed by atoms with E-state index < -0.39 is 0 Å². The van der Waals surface area contributed by atoms with Crippen LogP contribution in [0.25, 0.3) is 0 Å². The first-order chi connectivity index (χ1) is 7.66. The van der Waals surface area contributed by atoms with E-state index in [-0.39, 0.29) is 0 Å². The number of anilines is 2. The number of rotatable bonds is 3. The first kappa shape index (κ1) is 10.9. The van der Waals surface area contributed by atoms with Crippen LogP contribution in [0.3, 0.4) is 0 Å². The SMILES string of the molecule is Cc1nc(CNc2nccc(C)c2N)cs1. The van der Waals surface area contributed by atoms with E-state index in [1.807, 2.05) is 25.3 Å². The van der Waals surface area contributed by atoms with Crippen LogP contribution in [0, 0.1) is 13.8 Å². The standard InChI is InChI=1S/C11H14N4S/c1-7-3-4-13-11(10(7)12)14-5-9-6-16-8(2)15-9/h3-4,6H,5,12H2,1-2H3,(H,13,14). The zero-order chi connectivity index (χ0) is 11.5. The molecule has 0 aliphatic rings. The van der Waals surface area contributed by atoms with E-state index in [0.717, 1.165) is 22.1 Å². The number of nitrogens with one attached hydrogen (secondary N) is 1. The third-order valence-electron chi connectivity index (χ3n) is 2.31. The average Bonchev–Trinajstić information content (AvgIpc) is 2.67. The number of hydrogen-bond acceptors (Lipinski definition) is 5. The molecule has 4 nitrogen and oxygen atoms in total. The molecule has 0 aliphatic heterocycles. The van der Waals surface area contributed by atoms with Crippen LogP contribution in [0.15, 0.2) is 17.6 Å². The second-order valence-electron chi connectivity index (χ2n) is 3.60. The lowest BCUT2D eigenvalue weighted by atomic mass is 10.2. The van der Waals surface area contributed by atoms with Crippen LogP contribution in [0.2, 0.25) is 0 Å². The molecule has 2 heterocycles. The minimum atomic E-state index is 0.658. The maximum absolute atomic E-state index is 5.91. The van der Waals surface area contributed by atoms with Gasteiger partial charge in [-0.05, 0) is 25.5 Å². The Hall–Kier alpha value is -1.62. The molecule has 0 spiro atoms. The first-order valence-corrected chi connectivity index (χ1v) is 5.90. The van der Waals surface area contributed by atoms with Crippen LogP contribution in [-0.2, 0) is 6.54 Å². The minimum absolute atomic E-state index is 0.658. The number of thiazole rings is 1. The predicted molar refractivity (Wildman–Crippen MR) is 67.6 cm³/mol. The molecule has 0 unspecified atom stereocenters. The molecule has 0 saturated carbocycles. The van der Waals surface area contributed by atoms with E-state index >= 15 is 0 Å². The number of aryl methyl sites for hydroxylation is 2. The summed E-state index contributed by atoms with van der Waals surface area (Å²) in [6.45, 7) is 4.62. The molecule has 0 amide bonds. The highest BCUT2D eigenvalue weighted by atomic mass is 32.1. The summed E-state index contributed by atoms with van der Waals surface area (Å²) in [7, 11) is 0. The lowest BCUT2D eigenvalue weighted by Gasteiger charge is -2.08. The minimum Gasteiger partial charge on any atom is -0.396 e. The van der Waals surface area contributed by atoms with Crippen molar-refractivity contribution in [1.29, 1.82) is 0 Å². The molecule has 0 aliphatic carbocycles. The molecule has 2 rings (SSSR count). The normalized spacial score (nSPS) is 10.4. The number of nitrogen functional groups attached to an aromatic ring is 1. The Morgan fingerprint density at radius 3 is 2.94 bits per heavy atom. The zero-order valence-corrected chi connectivity index (χ0v) is 10.1. The van der Waals surface area contributed by atoms with Crippen molar-refractivity contribution in [2.24, 2.45) is 0 Å². The van der Waals surface area contributed by atoms with Gasteiger partial charge >= 0.3 is 0 Å². The molecule has 2 aromatic rings. The van der Waals surface area contributed by atoms with Gasteiger partial charge in [0.2, 0.25) is 0 Å². The van der Waals surface area contributed by atoms with E-state index in [2.05, 4.69) is 15.3 Å². The molecule has 0 aromatic carbocycles. The zero-order valence-electron chi connectivity index (χ0n) is 9.32. The van der Waals surface area contributed by atoms with Gasteiger partial charge in [-0.2, -0.15) is 0 Å². The molecule has 2 aromatic heterocycles. The second kappa shape index (κ2) is 4.49. The van der Waals surface area contributed by atoms with E-state index in [1.54, 1.807) is 17.5 Å². The summed E-state index contributed by atoms with van der Waals surface area (Å²) in [6.07, 6.45) is 1.75. The average molecular weight is 234 g/mol. The van der Waals surface area contributed by atoms with E-state index in [1.165, 1.54) is 0 Å². The maximum atomic E-state index is 5.91. The van der Waals surface area contributed by atoms with Gasteiger partial charge in [-0.3, -0.25) is 0 Å². The van der Waals surface area contributed by atoms with Gasteiger partial charge < -0.3 is 11.1 Å². The van der Waals surface area contributed by atoms with Crippen LogP contribution in [0.4, 0.5) is 11.5 Å². The largest absolute Gasteiger partial charge is 0.396 e. The van der Waals surface area contributed by atoms with Crippen LogP contribution in [0.5, 0.6) is 0 Å². The van der Waals surface area contributed by atoms with Gasteiger partial charge in [0.15, 0.2) is 0 Å². The number of pyridine rings is 1. The topological polar surface area (TPSA) is 63.8 Å². The van der Waals surface area contributed by atoms with Gasteiger partial charge in [0, 0.05) is 11.6 Å². The van der Waals surface area contributed by atoms with Gasteiger partial charge in [0.25, 0.3) is 0 Å². The van der Waals surface area contributed by atoms with E-state index in [4.69, 9.17) is 5.73 Å². The molecule has 16 heavy (non-hydrogen) atoms. The summed E-state index contributed by atoms with van der Waals surface area (Å²) in [5.41, 5.74) is 8.67. The quantitative estimate of drug-likeness (QED) is 0.855. The number of hydrogen-bond donors (Lipinski definition) is 2. The van der Waals surface area contributed by atoms with Crippen LogP contribution < -0.4 is 11.1 Å². The lowest BCUT2D eigenvalue weighted by Crippen LogP contribution is -2.05. The highest BCUT2D eigenvalue weighted by Gasteiger charge is 2.03. The Morgan fingerprint density at radius 2 is 2.25 bits per heavy atom. The van der Waals surface area contributed by atoms with Crippen molar-refractivity contribution in [3.8, 4) is 0 Å². The highest BCUT2D eigenvalue weighted by Crippen LogP contribution is 2.19. The Balaban J connectivity index is 2.07. The Morgan fingerprint density at radius 1 is 1.44 bits per heavy atom. The lowest BCUT2D eigenvalue weighted by molar-refractivity contribution is 1.04. The van der Waals surface area contributed by atoms with Crippen molar-refractivity contribution < 1.29 is 0 Å². The first-order valence-electron chi connectivity index (χ1n) is 5.03. The Kier molecular flexibility index (Phi) is 3.05. The van der Waals surface area contributed by atoms with Crippen molar-refractivity contribution in [1.82, 2.24) is 9.97 Å². The van der Waals surface area contributed by atoms with Gasteiger partial charge in [-0.15, -0.1) is 11.3 Å². The molecule has 84 valence electrons. The molecular formula is C11H14N4S. The monoisotopic (exact) mass is 234 g/mol. The molecule has 5 heteroatoms. The number of nitrogens with two attached hydrogens (primary N) is 1. The fourth-order valence-electron chi connectivity index (χ4n) is 1.37. The smallest absolute Gasteiger partial charge is 0.149 e. The van der Waals surface area contributed by atoms with Gasteiger partial charge in [0.05, 0.1) is 22.9 Å². The highest BCUT2D eigenvalue weighted by molar-refractivity contribution is 7.09. The summed E-state index contributed by atoms with van der Waals surface area (Å²) in [4.78, 5) is 8.57. The molecular weight excluding hydrogens is 220 g/mol. The third kappa shape index (κ3) is 2.30. The van der Waals surface area contributed by atoms with Crippen molar-refractivity contribution in [2.75, 3.05) is 11.1 Å². The Bertz CT molecular complexity index is 492. The molecule has 0 radical (unpaired) electrons. The third-order valence-corrected chi connectivity index (χ3v) is 3.13. The van der Waals surface area contributed by atoms with Crippen LogP contribution in [-0.4, -0.2) is 9.97 Å². The van der Waals surface area contributed by atoms with E-state index in [9.17, 15) is 0 Å². The molecule has 3 N–H and O–H groups in total.